The average Bonchev–Trinajstić information content (AvgIpc) is 2.46. The summed E-state index contributed by atoms with van der Waals surface area (Å²) in [7, 11) is 0. The number of aryl methyl sites for hydroxylation is 1. The molecule has 0 unspecified atom stereocenters. The summed E-state index contributed by atoms with van der Waals surface area (Å²) in [5.74, 6) is 12.6. The fourth-order valence-electron chi connectivity index (χ4n) is 1.86. The van der Waals surface area contributed by atoms with Crippen molar-refractivity contribution in [3.05, 3.63) is 29.3 Å². The van der Waals surface area contributed by atoms with E-state index in [1.165, 1.54) is 5.01 Å². The third kappa shape index (κ3) is 1.69. The first-order valence-corrected chi connectivity index (χ1v) is 5.33. The maximum atomic E-state index is 5.84. The molecular weight excluding hydrogens is 204 g/mol. The fourth-order valence-corrected chi connectivity index (χ4v) is 1.86. The zero-order valence-electron chi connectivity index (χ0n) is 9.31. The lowest BCUT2D eigenvalue weighted by Gasteiger charge is -2.16. The average molecular weight is 220 g/mol. The highest BCUT2D eigenvalue weighted by Crippen LogP contribution is 2.27. The first kappa shape index (κ1) is 10.8. The lowest BCUT2D eigenvalue weighted by molar-refractivity contribution is 0.280. The van der Waals surface area contributed by atoms with Gasteiger partial charge in [0.1, 0.15) is 12.4 Å². The molecule has 0 aliphatic carbocycles. The molecule has 1 heterocycles. The number of benzene rings is 1. The summed E-state index contributed by atoms with van der Waals surface area (Å²) in [6.07, 6.45) is 0.908. The van der Waals surface area contributed by atoms with E-state index in [1.807, 2.05) is 18.2 Å². The van der Waals surface area contributed by atoms with Crippen LogP contribution in [0.25, 0.3) is 0 Å². The van der Waals surface area contributed by atoms with E-state index >= 15 is 0 Å². The predicted molar refractivity (Wildman–Crippen MR) is 62.9 cm³/mol. The van der Waals surface area contributed by atoms with Crippen molar-refractivity contribution in [1.29, 1.82) is 0 Å². The largest absolute Gasteiger partial charge is 0.491 e. The molecule has 5 heteroatoms. The number of hydrazine groups is 1. The van der Waals surface area contributed by atoms with Crippen LogP contribution in [0.1, 0.15) is 18.1 Å². The Morgan fingerprint density at radius 3 is 3.00 bits per heavy atom. The number of ether oxygens (including phenoxy) is 1. The summed E-state index contributed by atoms with van der Waals surface area (Å²) in [4.78, 5) is 0. The van der Waals surface area contributed by atoms with Crippen LogP contribution in [0, 0.1) is 0 Å². The van der Waals surface area contributed by atoms with Crippen LogP contribution in [0.5, 0.6) is 5.75 Å². The normalized spacial score (nSPS) is 17.9. The number of rotatable bonds is 1. The molecule has 0 saturated carbocycles. The molecular formula is C11H16N4O. The highest BCUT2D eigenvalue weighted by atomic mass is 16.5. The minimum atomic E-state index is 0.541. The Hall–Kier alpha value is -1.75. The molecule has 86 valence electrons. The Bertz CT molecular complexity index is 416. The highest BCUT2D eigenvalue weighted by molar-refractivity contribution is 6.01. The summed E-state index contributed by atoms with van der Waals surface area (Å²) in [5.41, 5.74) is 2.01. The van der Waals surface area contributed by atoms with Crippen LogP contribution in [0.2, 0.25) is 0 Å². The second-order valence-corrected chi connectivity index (χ2v) is 3.64. The quantitative estimate of drug-likeness (QED) is 0.531. The van der Waals surface area contributed by atoms with E-state index in [2.05, 4.69) is 12.0 Å². The van der Waals surface area contributed by atoms with Crippen LogP contribution < -0.4 is 16.4 Å². The first-order valence-electron chi connectivity index (χ1n) is 5.33. The van der Waals surface area contributed by atoms with Crippen molar-refractivity contribution in [1.82, 2.24) is 5.01 Å². The Morgan fingerprint density at radius 1 is 1.50 bits per heavy atom. The van der Waals surface area contributed by atoms with E-state index in [4.69, 9.17) is 16.4 Å². The molecule has 5 nitrogen and oxygen atoms in total. The van der Waals surface area contributed by atoms with Gasteiger partial charge < -0.3 is 10.6 Å². The number of para-hydroxylation sites is 1. The van der Waals surface area contributed by atoms with Gasteiger partial charge in [-0.2, -0.15) is 5.10 Å². The molecule has 0 bridgehead atoms. The van der Waals surface area contributed by atoms with Gasteiger partial charge in [0.25, 0.3) is 0 Å². The van der Waals surface area contributed by atoms with Crippen LogP contribution in [-0.4, -0.2) is 24.0 Å². The van der Waals surface area contributed by atoms with Crippen LogP contribution in [0.4, 0.5) is 0 Å². The lowest BCUT2D eigenvalue weighted by atomic mass is 10.1. The van der Waals surface area contributed by atoms with Crippen molar-refractivity contribution in [3.8, 4) is 5.75 Å². The van der Waals surface area contributed by atoms with Crippen molar-refractivity contribution in [2.75, 3.05) is 13.2 Å². The number of hydrazone groups is 1. The molecule has 16 heavy (non-hydrogen) atoms. The Balaban J connectivity index is 2.56. The van der Waals surface area contributed by atoms with E-state index in [9.17, 15) is 0 Å². The summed E-state index contributed by atoms with van der Waals surface area (Å²) < 4.78 is 5.71. The molecule has 0 aromatic heterocycles. The first-order chi connectivity index (χ1) is 7.77. The molecule has 1 aromatic carbocycles. The van der Waals surface area contributed by atoms with Crippen molar-refractivity contribution >= 4 is 5.84 Å². The van der Waals surface area contributed by atoms with Gasteiger partial charge in [0.05, 0.1) is 12.1 Å². The third-order valence-electron chi connectivity index (χ3n) is 2.69. The van der Waals surface area contributed by atoms with Gasteiger partial charge in [-0.15, -0.1) is 0 Å². The van der Waals surface area contributed by atoms with Gasteiger partial charge in [0.2, 0.25) is 0 Å². The number of hydrogen-bond donors (Lipinski definition) is 2. The van der Waals surface area contributed by atoms with Crippen LogP contribution in [0.15, 0.2) is 23.3 Å². The van der Waals surface area contributed by atoms with E-state index in [-0.39, 0.29) is 0 Å². The van der Waals surface area contributed by atoms with E-state index in [1.54, 1.807) is 0 Å². The molecule has 1 aliphatic heterocycles. The maximum absolute atomic E-state index is 5.84. The Morgan fingerprint density at radius 2 is 2.31 bits per heavy atom. The van der Waals surface area contributed by atoms with Gasteiger partial charge >= 0.3 is 0 Å². The van der Waals surface area contributed by atoms with E-state index < -0.39 is 0 Å². The fraction of sp³-hybridized carbons (Fsp3) is 0.364. The SMILES string of the molecule is CCc1cccc2c1OCCN(N)/C2=N\N. The number of fused-ring (bicyclic) bond motifs is 1. The van der Waals surface area contributed by atoms with Gasteiger partial charge in [-0.3, -0.25) is 5.01 Å². The molecule has 2 rings (SSSR count). The number of hydrogen-bond acceptors (Lipinski definition) is 4. The molecule has 0 spiro atoms. The van der Waals surface area contributed by atoms with Crippen molar-refractivity contribution in [2.45, 2.75) is 13.3 Å². The number of amidine groups is 1. The Kier molecular flexibility index (Phi) is 2.96. The van der Waals surface area contributed by atoms with E-state index in [0.717, 1.165) is 23.3 Å². The smallest absolute Gasteiger partial charge is 0.173 e. The van der Waals surface area contributed by atoms with Gasteiger partial charge in [-0.1, -0.05) is 19.1 Å². The molecule has 0 saturated heterocycles. The second kappa shape index (κ2) is 4.40. The van der Waals surface area contributed by atoms with Crippen molar-refractivity contribution in [2.24, 2.45) is 16.8 Å². The second-order valence-electron chi connectivity index (χ2n) is 3.64. The van der Waals surface area contributed by atoms with Crippen LogP contribution in [0.3, 0.4) is 0 Å². The Labute approximate surface area is 94.6 Å². The van der Waals surface area contributed by atoms with Crippen molar-refractivity contribution in [3.63, 3.8) is 0 Å². The van der Waals surface area contributed by atoms with Crippen LogP contribution in [-0.2, 0) is 6.42 Å². The maximum Gasteiger partial charge on any atom is 0.173 e. The molecule has 1 aliphatic rings. The molecule has 1 aromatic rings. The summed E-state index contributed by atoms with van der Waals surface area (Å²) in [6.45, 7) is 3.21. The molecule has 0 fully saturated rings. The van der Waals surface area contributed by atoms with E-state index in [0.29, 0.717) is 19.0 Å². The van der Waals surface area contributed by atoms with Gasteiger partial charge in [-0.25, -0.2) is 5.84 Å². The standard InChI is InChI=1S/C11H16N4O/c1-2-8-4-3-5-9-10(8)16-7-6-15(13)11(9)14-12/h3-5H,2,6-7,12-13H2,1H3/b14-11-. The number of nitrogens with zero attached hydrogens (tertiary/aromatic N) is 2. The van der Waals surface area contributed by atoms with Gasteiger partial charge in [-0.05, 0) is 18.1 Å². The van der Waals surface area contributed by atoms with Gasteiger partial charge in [0.15, 0.2) is 5.84 Å². The third-order valence-corrected chi connectivity index (χ3v) is 2.69. The molecule has 0 radical (unpaired) electrons. The topological polar surface area (TPSA) is 76.9 Å². The minimum absolute atomic E-state index is 0.541. The van der Waals surface area contributed by atoms with Gasteiger partial charge in [0, 0.05) is 0 Å². The molecule has 0 atom stereocenters. The zero-order valence-corrected chi connectivity index (χ0v) is 9.31. The summed E-state index contributed by atoms with van der Waals surface area (Å²) >= 11 is 0. The monoisotopic (exact) mass is 220 g/mol. The number of nitrogens with two attached hydrogens (primary N) is 2. The van der Waals surface area contributed by atoms with Crippen molar-refractivity contribution < 1.29 is 4.74 Å². The predicted octanol–water partition coefficient (Wildman–Crippen LogP) is 0.437. The minimum Gasteiger partial charge on any atom is -0.491 e. The van der Waals surface area contributed by atoms with Crippen LogP contribution >= 0.6 is 0 Å². The summed E-state index contributed by atoms with van der Waals surface area (Å²) in [5, 5.41) is 5.26. The molecule has 4 N–H and O–H groups in total. The molecule has 0 amide bonds. The lowest BCUT2D eigenvalue weighted by Crippen LogP contribution is -2.39. The highest BCUT2D eigenvalue weighted by Gasteiger charge is 2.21. The zero-order chi connectivity index (χ0) is 11.5. The summed E-state index contributed by atoms with van der Waals surface area (Å²) in [6, 6.07) is 5.93.